The number of benzene rings is 1. The highest BCUT2D eigenvalue weighted by Gasteiger charge is 2.13. The lowest BCUT2D eigenvalue weighted by molar-refractivity contribution is -0.131. The van der Waals surface area contributed by atoms with Gasteiger partial charge in [-0.15, -0.1) is 6.58 Å². The van der Waals surface area contributed by atoms with E-state index in [1.54, 1.807) is 5.48 Å². The minimum Gasteiger partial charge on any atom is -0.289 e. The largest absolute Gasteiger partial charge is 0.289 e. The van der Waals surface area contributed by atoms with Gasteiger partial charge in [-0.1, -0.05) is 36.4 Å². The van der Waals surface area contributed by atoms with Crippen LogP contribution >= 0.6 is 0 Å². The molecule has 0 aromatic heterocycles. The second-order valence-corrected chi connectivity index (χ2v) is 3.01. The van der Waals surface area contributed by atoms with Crippen LogP contribution in [0.15, 0.2) is 43.0 Å². The molecule has 1 rings (SSSR count). The lowest BCUT2D eigenvalue weighted by Gasteiger charge is -2.09. The van der Waals surface area contributed by atoms with Crippen molar-refractivity contribution in [2.24, 2.45) is 5.92 Å². The Morgan fingerprint density at radius 3 is 2.64 bits per heavy atom. The third-order valence-electron chi connectivity index (χ3n) is 2.03. The van der Waals surface area contributed by atoms with Gasteiger partial charge in [-0.2, -0.15) is 0 Å². The van der Waals surface area contributed by atoms with E-state index in [1.165, 1.54) is 6.08 Å². The lowest BCUT2D eigenvalue weighted by atomic mass is 9.99. The number of rotatable bonds is 4. The third kappa shape index (κ3) is 2.71. The zero-order valence-electron chi connectivity index (χ0n) is 7.81. The highest BCUT2D eigenvalue weighted by atomic mass is 16.5. The van der Waals surface area contributed by atoms with Gasteiger partial charge in [0.05, 0.1) is 5.92 Å². The van der Waals surface area contributed by atoms with E-state index in [0.29, 0.717) is 6.42 Å². The molecule has 0 aliphatic rings. The Morgan fingerprint density at radius 1 is 1.50 bits per heavy atom. The van der Waals surface area contributed by atoms with E-state index in [2.05, 4.69) is 6.58 Å². The molecule has 0 spiro atoms. The molecule has 0 saturated heterocycles. The first-order chi connectivity index (χ1) is 6.77. The number of hydrogen-bond acceptors (Lipinski definition) is 2. The van der Waals surface area contributed by atoms with E-state index in [-0.39, 0.29) is 5.92 Å². The zero-order valence-corrected chi connectivity index (χ0v) is 7.81. The molecule has 0 heterocycles. The molecule has 14 heavy (non-hydrogen) atoms. The second kappa shape index (κ2) is 5.19. The predicted octanol–water partition coefficient (Wildman–Crippen LogP) is 1.54. The van der Waals surface area contributed by atoms with Gasteiger partial charge in [-0.25, -0.2) is 5.48 Å². The molecule has 0 fully saturated rings. The number of carbonyl (C=O) groups excluding carboxylic acids is 1. The van der Waals surface area contributed by atoms with Gasteiger partial charge >= 0.3 is 0 Å². The molecule has 0 saturated carbocycles. The first-order valence-corrected chi connectivity index (χ1v) is 4.38. The molecule has 0 bridgehead atoms. The van der Waals surface area contributed by atoms with Crippen LogP contribution in [0.25, 0.3) is 0 Å². The van der Waals surface area contributed by atoms with Crippen LogP contribution in [0.5, 0.6) is 0 Å². The van der Waals surface area contributed by atoms with Crippen LogP contribution in [0.3, 0.4) is 0 Å². The van der Waals surface area contributed by atoms with Gasteiger partial charge in [0.1, 0.15) is 0 Å². The van der Waals surface area contributed by atoms with Gasteiger partial charge < -0.3 is 0 Å². The quantitative estimate of drug-likeness (QED) is 0.431. The molecule has 0 unspecified atom stereocenters. The lowest BCUT2D eigenvalue weighted by Crippen LogP contribution is -2.27. The molecule has 74 valence electrons. The minimum atomic E-state index is -0.427. The highest BCUT2D eigenvalue weighted by Crippen LogP contribution is 2.09. The molecule has 1 aromatic rings. The van der Waals surface area contributed by atoms with Crippen molar-refractivity contribution in [3.8, 4) is 0 Å². The van der Waals surface area contributed by atoms with Gasteiger partial charge in [0.25, 0.3) is 5.91 Å². The average Bonchev–Trinajstić information content (AvgIpc) is 2.26. The standard InChI is InChI=1S/C11H13NO2/c1-2-10(11(13)12-14)8-9-6-4-3-5-7-9/h2-7,10,14H,1,8H2,(H,12,13)/t10-/m1/s1. The second-order valence-electron chi connectivity index (χ2n) is 3.01. The maximum Gasteiger partial charge on any atom is 0.250 e. The van der Waals surface area contributed by atoms with Crippen molar-refractivity contribution >= 4 is 5.91 Å². The SMILES string of the molecule is C=C[C@H](Cc1ccccc1)C(=O)NO. The fourth-order valence-electron chi connectivity index (χ4n) is 1.23. The van der Waals surface area contributed by atoms with Crippen LogP contribution in [0.2, 0.25) is 0 Å². The van der Waals surface area contributed by atoms with Crippen LogP contribution in [-0.4, -0.2) is 11.1 Å². The first-order valence-electron chi connectivity index (χ1n) is 4.38. The summed E-state index contributed by atoms with van der Waals surface area (Å²) < 4.78 is 0. The average molecular weight is 191 g/mol. The predicted molar refractivity (Wildman–Crippen MR) is 53.8 cm³/mol. The maximum absolute atomic E-state index is 11.1. The van der Waals surface area contributed by atoms with E-state index in [4.69, 9.17) is 5.21 Å². The van der Waals surface area contributed by atoms with E-state index in [1.807, 2.05) is 30.3 Å². The van der Waals surface area contributed by atoms with Gasteiger partial charge in [0.15, 0.2) is 0 Å². The molecular weight excluding hydrogens is 178 g/mol. The van der Waals surface area contributed by atoms with Crippen molar-refractivity contribution in [1.82, 2.24) is 5.48 Å². The number of hydroxylamine groups is 1. The van der Waals surface area contributed by atoms with Crippen LogP contribution < -0.4 is 5.48 Å². The van der Waals surface area contributed by atoms with Crippen molar-refractivity contribution in [2.45, 2.75) is 6.42 Å². The Bertz CT molecular complexity index is 308. The van der Waals surface area contributed by atoms with Crippen molar-refractivity contribution in [1.29, 1.82) is 0 Å². The molecule has 0 aliphatic carbocycles. The van der Waals surface area contributed by atoms with Crippen LogP contribution in [0.4, 0.5) is 0 Å². The summed E-state index contributed by atoms with van der Waals surface area (Å²) in [6.07, 6.45) is 2.08. The van der Waals surface area contributed by atoms with Crippen molar-refractivity contribution in [3.63, 3.8) is 0 Å². The third-order valence-corrected chi connectivity index (χ3v) is 2.03. The van der Waals surface area contributed by atoms with Crippen LogP contribution in [-0.2, 0) is 11.2 Å². The Kier molecular flexibility index (Phi) is 3.88. The summed E-state index contributed by atoms with van der Waals surface area (Å²) in [5.41, 5.74) is 2.67. The van der Waals surface area contributed by atoms with Crippen LogP contribution in [0, 0.1) is 5.92 Å². The molecule has 3 heteroatoms. The van der Waals surface area contributed by atoms with Gasteiger partial charge in [-0.05, 0) is 12.0 Å². The van der Waals surface area contributed by atoms with Crippen molar-refractivity contribution in [2.75, 3.05) is 0 Å². The molecule has 1 amide bonds. The molecule has 2 N–H and O–H groups in total. The molecule has 1 aromatic carbocycles. The number of carbonyl (C=O) groups is 1. The Morgan fingerprint density at radius 2 is 2.14 bits per heavy atom. The first kappa shape index (κ1) is 10.5. The number of nitrogens with one attached hydrogen (secondary N) is 1. The molecule has 0 aliphatic heterocycles. The maximum atomic E-state index is 11.1. The molecule has 0 radical (unpaired) electrons. The molecule has 1 atom stereocenters. The summed E-state index contributed by atoms with van der Waals surface area (Å²) in [6, 6.07) is 9.60. The summed E-state index contributed by atoms with van der Waals surface area (Å²) in [6.45, 7) is 3.55. The Balaban J connectivity index is 2.66. The van der Waals surface area contributed by atoms with Gasteiger partial charge in [-0.3, -0.25) is 10.0 Å². The fourth-order valence-corrected chi connectivity index (χ4v) is 1.23. The smallest absolute Gasteiger partial charge is 0.250 e. The minimum absolute atomic E-state index is 0.387. The van der Waals surface area contributed by atoms with E-state index in [9.17, 15) is 4.79 Å². The molecular formula is C11H13NO2. The van der Waals surface area contributed by atoms with Gasteiger partial charge in [0, 0.05) is 0 Å². The fraction of sp³-hybridized carbons (Fsp3) is 0.182. The highest BCUT2D eigenvalue weighted by molar-refractivity contribution is 5.79. The summed E-state index contributed by atoms with van der Waals surface area (Å²) in [7, 11) is 0. The summed E-state index contributed by atoms with van der Waals surface area (Å²) >= 11 is 0. The molecule has 3 nitrogen and oxygen atoms in total. The number of amides is 1. The van der Waals surface area contributed by atoms with E-state index >= 15 is 0 Å². The Hall–Kier alpha value is -1.61. The van der Waals surface area contributed by atoms with E-state index < -0.39 is 5.91 Å². The zero-order chi connectivity index (χ0) is 10.4. The summed E-state index contributed by atoms with van der Waals surface area (Å²) in [4.78, 5) is 11.1. The summed E-state index contributed by atoms with van der Waals surface area (Å²) in [5, 5.41) is 8.47. The summed E-state index contributed by atoms with van der Waals surface area (Å²) in [5.74, 6) is -0.814. The normalized spacial score (nSPS) is 11.8. The Labute approximate surface area is 83.0 Å². The monoisotopic (exact) mass is 191 g/mol. The topological polar surface area (TPSA) is 49.3 Å². The van der Waals surface area contributed by atoms with Crippen molar-refractivity contribution in [3.05, 3.63) is 48.6 Å². The van der Waals surface area contributed by atoms with E-state index in [0.717, 1.165) is 5.56 Å². The number of hydrogen-bond donors (Lipinski definition) is 2. The van der Waals surface area contributed by atoms with Gasteiger partial charge in [0.2, 0.25) is 0 Å². The van der Waals surface area contributed by atoms with Crippen LogP contribution in [0.1, 0.15) is 5.56 Å². The van der Waals surface area contributed by atoms with Crippen molar-refractivity contribution < 1.29 is 10.0 Å².